The quantitative estimate of drug-likeness (QED) is 0.821. The fraction of sp³-hybridized carbons (Fsp3) is 0.600. The molecule has 0 saturated carbocycles. The van der Waals surface area contributed by atoms with Gasteiger partial charge in [0.1, 0.15) is 0 Å². The second kappa shape index (κ2) is 3.99. The van der Waals surface area contributed by atoms with Gasteiger partial charge < -0.3 is 5.11 Å². The van der Waals surface area contributed by atoms with Crippen molar-refractivity contribution in [1.82, 2.24) is 0 Å². The molecule has 0 radical (unpaired) electrons. The maximum atomic E-state index is 10.1. The maximum Gasteiger partial charge on any atom is 0.0989 e. The fourth-order valence-corrected chi connectivity index (χ4v) is 2.75. The highest BCUT2D eigenvalue weighted by Gasteiger charge is 2.27. The predicted molar refractivity (Wildman–Crippen MR) is 58.4 cm³/mol. The van der Waals surface area contributed by atoms with Crippen molar-refractivity contribution in [2.24, 2.45) is 5.92 Å². The van der Waals surface area contributed by atoms with Gasteiger partial charge in [-0.25, -0.2) is 0 Å². The van der Waals surface area contributed by atoms with Crippen LogP contribution in [0, 0.1) is 5.92 Å². The van der Waals surface area contributed by atoms with Gasteiger partial charge in [0.05, 0.1) is 9.94 Å². The summed E-state index contributed by atoms with van der Waals surface area (Å²) in [6.07, 6.45) is 0.740. The van der Waals surface area contributed by atoms with Crippen LogP contribution in [0.3, 0.4) is 0 Å². The molecule has 3 heteroatoms. The third-order valence-electron chi connectivity index (χ3n) is 2.00. The molecule has 1 N–H and O–H groups in total. The molecule has 0 fully saturated rings. The Kier molecular flexibility index (Phi) is 3.38. The van der Waals surface area contributed by atoms with E-state index in [0.29, 0.717) is 10.3 Å². The average molecular weight is 219 g/mol. The van der Waals surface area contributed by atoms with E-state index in [1.165, 1.54) is 11.3 Å². The minimum absolute atomic E-state index is 0.464. The van der Waals surface area contributed by atoms with Gasteiger partial charge in [-0.3, -0.25) is 0 Å². The van der Waals surface area contributed by atoms with Crippen molar-refractivity contribution in [2.75, 3.05) is 0 Å². The summed E-state index contributed by atoms with van der Waals surface area (Å²) >= 11 is 7.43. The summed E-state index contributed by atoms with van der Waals surface area (Å²) in [4.78, 5) is 0. The third-order valence-corrected chi connectivity index (χ3v) is 3.17. The lowest BCUT2D eigenvalue weighted by Crippen LogP contribution is -2.22. The van der Waals surface area contributed by atoms with Crippen molar-refractivity contribution >= 4 is 22.9 Å². The van der Waals surface area contributed by atoms with Gasteiger partial charge in [-0.2, -0.15) is 0 Å². The van der Waals surface area contributed by atoms with Crippen molar-refractivity contribution in [3.8, 4) is 0 Å². The van der Waals surface area contributed by atoms with E-state index >= 15 is 0 Å². The molecular formula is C10H15ClOS. The first-order valence-electron chi connectivity index (χ1n) is 4.39. The number of aliphatic hydroxyl groups is 1. The lowest BCUT2D eigenvalue weighted by atomic mass is 9.89. The van der Waals surface area contributed by atoms with Crippen molar-refractivity contribution in [1.29, 1.82) is 0 Å². The first-order chi connectivity index (χ1) is 5.93. The summed E-state index contributed by atoms with van der Waals surface area (Å²) < 4.78 is 0.700. The van der Waals surface area contributed by atoms with Crippen molar-refractivity contribution in [3.05, 3.63) is 21.3 Å². The van der Waals surface area contributed by atoms with Gasteiger partial charge in [-0.1, -0.05) is 25.4 Å². The molecule has 1 atom stereocenters. The zero-order valence-electron chi connectivity index (χ0n) is 8.17. The summed E-state index contributed by atoms with van der Waals surface area (Å²) in [5.74, 6) is 0.464. The normalized spacial score (nSPS) is 16.2. The second-order valence-electron chi connectivity index (χ2n) is 3.98. The maximum absolute atomic E-state index is 10.1. The standard InChI is InChI=1S/C10H15ClOS/c1-7(2)6-10(3,12)8-4-5-13-9(8)11/h4-5,7,12H,6H2,1-3H3. The lowest BCUT2D eigenvalue weighted by Gasteiger charge is -2.24. The highest BCUT2D eigenvalue weighted by atomic mass is 35.5. The summed E-state index contributed by atoms with van der Waals surface area (Å²) in [5, 5.41) is 12.1. The fourth-order valence-electron chi connectivity index (χ4n) is 1.59. The first kappa shape index (κ1) is 11.0. The van der Waals surface area contributed by atoms with Crippen molar-refractivity contribution in [3.63, 3.8) is 0 Å². The average Bonchev–Trinajstić information content (AvgIpc) is 2.32. The predicted octanol–water partition coefficient (Wildman–Crippen LogP) is 3.66. The van der Waals surface area contributed by atoms with Crippen LogP contribution in [0.4, 0.5) is 0 Å². The van der Waals surface area contributed by atoms with E-state index in [1.807, 2.05) is 18.4 Å². The molecule has 0 aliphatic heterocycles. The SMILES string of the molecule is CC(C)CC(C)(O)c1ccsc1Cl. The van der Waals surface area contributed by atoms with E-state index in [4.69, 9.17) is 11.6 Å². The third kappa shape index (κ3) is 2.70. The Morgan fingerprint density at radius 3 is 2.62 bits per heavy atom. The van der Waals surface area contributed by atoms with E-state index in [1.54, 1.807) is 0 Å². The molecule has 1 aromatic rings. The lowest BCUT2D eigenvalue weighted by molar-refractivity contribution is 0.0354. The van der Waals surface area contributed by atoms with Crippen molar-refractivity contribution in [2.45, 2.75) is 32.8 Å². The van der Waals surface area contributed by atoms with Crippen LogP contribution in [0.5, 0.6) is 0 Å². The van der Waals surface area contributed by atoms with Crippen molar-refractivity contribution < 1.29 is 5.11 Å². The number of hydrogen-bond acceptors (Lipinski definition) is 2. The Bertz CT molecular complexity index is 278. The zero-order valence-corrected chi connectivity index (χ0v) is 9.75. The Labute approximate surface area is 88.4 Å². The minimum atomic E-state index is -0.786. The Hall–Kier alpha value is -0.0500. The van der Waals surface area contributed by atoms with Gasteiger partial charge >= 0.3 is 0 Å². The molecule has 1 heterocycles. The van der Waals surface area contributed by atoms with Gasteiger partial charge in [0.25, 0.3) is 0 Å². The van der Waals surface area contributed by atoms with E-state index in [2.05, 4.69) is 13.8 Å². The van der Waals surface area contributed by atoms with Crippen LogP contribution in [0.25, 0.3) is 0 Å². The molecule has 0 spiro atoms. The highest BCUT2D eigenvalue weighted by molar-refractivity contribution is 7.14. The largest absolute Gasteiger partial charge is 0.385 e. The molecule has 0 aliphatic rings. The Morgan fingerprint density at radius 2 is 2.23 bits per heavy atom. The number of rotatable bonds is 3. The van der Waals surface area contributed by atoms with E-state index in [-0.39, 0.29) is 0 Å². The van der Waals surface area contributed by atoms with Crippen LogP contribution in [-0.4, -0.2) is 5.11 Å². The van der Waals surface area contributed by atoms with Gasteiger partial charge in [0.2, 0.25) is 0 Å². The molecule has 1 nitrogen and oxygen atoms in total. The van der Waals surface area contributed by atoms with Gasteiger partial charge in [-0.15, -0.1) is 11.3 Å². The smallest absolute Gasteiger partial charge is 0.0989 e. The van der Waals surface area contributed by atoms with Gasteiger partial charge in [-0.05, 0) is 30.7 Å². The molecular weight excluding hydrogens is 204 g/mol. The second-order valence-corrected chi connectivity index (χ2v) is 5.50. The van der Waals surface area contributed by atoms with E-state index in [9.17, 15) is 5.11 Å². The summed E-state index contributed by atoms with van der Waals surface area (Å²) in [6, 6.07) is 1.90. The zero-order chi connectivity index (χ0) is 10.1. The first-order valence-corrected chi connectivity index (χ1v) is 5.65. The topological polar surface area (TPSA) is 20.2 Å². The van der Waals surface area contributed by atoms with Crippen LogP contribution in [0.2, 0.25) is 4.34 Å². The summed E-state index contributed by atoms with van der Waals surface area (Å²) in [6.45, 7) is 6.00. The number of thiophene rings is 1. The van der Waals surface area contributed by atoms with Crippen LogP contribution >= 0.6 is 22.9 Å². The molecule has 1 unspecified atom stereocenters. The molecule has 1 aromatic heterocycles. The van der Waals surface area contributed by atoms with Gasteiger partial charge in [0.15, 0.2) is 0 Å². The Balaban J connectivity index is 2.87. The van der Waals surface area contributed by atoms with Crippen LogP contribution in [-0.2, 0) is 5.60 Å². The number of hydrogen-bond donors (Lipinski definition) is 1. The van der Waals surface area contributed by atoms with E-state index in [0.717, 1.165) is 12.0 Å². The molecule has 0 saturated heterocycles. The molecule has 1 rings (SSSR count). The van der Waals surface area contributed by atoms with Gasteiger partial charge in [0, 0.05) is 5.56 Å². The minimum Gasteiger partial charge on any atom is -0.385 e. The van der Waals surface area contributed by atoms with Crippen LogP contribution in [0.1, 0.15) is 32.8 Å². The molecule has 13 heavy (non-hydrogen) atoms. The Morgan fingerprint density at radius 1 is 1.62 bits per heavy atom. The molecule has 74 valence electrons. The van der Waals surface area contributed by atoms with Crippen LogP contribution in [0.15, 0.2) is 11.4 Å². The van der Waals surface area contributed by atoms with E-state index < -0.39 is 5.60 Å². The van der Waals surface area contributed by atoms with Crippen LogP contribution < -0.4 is 0 Å². The monoisotopic (exact) mass is 218 g/mol. The molecule has 0 bridgehead atoms. The summed E-state index contributed by atoms with van der Waals surface area (Å²) in [7, 11) is 0. The highest BCUT2D eigenvalue weighted by Crippen LogP contribution is 2.36. The number of halogens is 1. The molecule has 0 aromatic carbocycles. The summed E-state index contributed by atoms with van der Waals surface area (Å²) in [5.41, 5.74) is 0.0680. The molecule has 0 aliphatic carbocycles. The molecule has 0 amide bonds.